The largest absolute Gasteiger partial charge is 0.378 e. The van der Waals surface area contributed by atoms with Gasteiger partial charge in [-0.3, -0.25) is 5.21 Å². The van der Waals surface area contributed by atoms with Gasteiger partial charge in [-0.15, -0.1) is 0 Å². The predicted molar refractivity (Wildman–Crippen MR) is 85.0 cm³/mol. The van der Waals surface area contributed by atoms with Crippen LogP contribution in [0.5, 0.6) is 0 Å². The minimum absolute atomic E-state index is 0.446. The van der Waals surface area contributed by atoms with Gasteiger partial charge in [0.05, 0.1) is 13.2 Å². The second kappa shape index (κ2) is 6.30. The predicted octanol–water partition coefficient (Wildman–Crippen LogP) is 2.83. The lowest BCUT2D eigenvalue weighted by Gasteiger charge is -2.28. The fraction of sp³-hybridized carbons (Fsp3) is 0.357. The van der Waals surface area contributed by atoms with Gasteiger partial charge in [-0.05, 0) is 30.6 Å². The quantitative estimate of drug-likeness (QED) is 0.755. The molecule has 2 heterocycles. The van der Waals surface area contributed by atoms with Gasteiger partial charge in [0.2, 0.25) is 0 Å². The number of aromatic nitrogens is 1. The Hall–Kier alpha value is -1.83. The third kappa shape index (κ3) is 3.10. The highest BCUT2D eigenvalue weighted by molar-refractivity contribution is 7.11. The number of rotatable bonds is 4. The molecule has 3 N–H and O–H groups in total. The van der Waals surface area contributed by atoms with Gasteiger partial charge in [0.25, 0.3) is 0 Å². The van der Waals surface area contributed by atoms with Crippen LogP contribution in [0.15, 0.2) is 24.3 Å². The minimum Gasteiger partial charge on any atom is -0.378 e. The Labute approximate surface area is 127 Å². The summed E-state index contributed by atoms with van der Waals surface area (Å²) in [5.74, 6) is 0.446. The normalized spacial score (nSPS) is 15.0. The zero-order valence-corrected chi connectivity index (χ0v) is 12.6. The van der Waals surface area contributed by atoms with E-state index in [-0.39, 0.29) is 0 Å². The molecule has 1 aliphatic rings. The van der Waals surface area contributed by atoms with Crippen molar-refractivity contribution in [3.05, 3.63) is 29.8 Å². The van der Waals surface area contributed by atoms with Crippen molar-refractivity contribution >= 4 is 33.7 Å². The summed E-state index contributed by atoms with van der Waals surface area (Å²) in [5, 5.41) is 13.6. The van der Waals surface area contributed by atoms with E-state index in [0.29, 0.717) is 19.0 Å². The number of morpholine rings is 1. The molecule has 7 heteroatoms. The number of hydrogen-bond donors (Lipinski definition) is 3. The van der Waals surface area contributed by atoms with Crippen LogP contribution in [0.2, 0.25) is 0 Å². The molecular weight excluding hydrogens is 288 g/mol. The van der Waals surface area contributed by atoms with Crippen molar-refractivity contribution in [3.8, 4) is 0 Å². The maximum atomic E-state index is 9.26. The van der Waals surface area contributed by atoms with E-state index in [1.165, 1.54) is 17.1 Å². The molecule has 112 valence electrons. The lowest BCUT2D eigenvalue weighted by molar-refractivity contribution is 0.123. The molecule has 6 nitrogen and oxygen atoms in total. The van der Waals surface area contributed by atoms with Crippen molar-refractivity contribution in [3.63, 3.8) is 0 Å². The van der Waals surface area contributed by atoms with Crippen molar-refractivity contribution in [1.29, 1.82) is 0 Å². The lowest BCUT2D eigenvalue weighted by Crippen LogP contribution is -2.36. The van der Waals surface area contributed by atoms with Crippen molar-refractivity contribution in [2.24, 2.45) is 0 Å². The van der Waals surface area contributed by atoms with Crippen molar-refractivity contribution < 1.29 is 9.94 Å². The van der Waals surface area contributed by atoms with E-state index in [1.807, 2.05) is 24.3 Å². The van der Waals surface area contributed by atoms with Gasteiger partial charge in [0.1, 0.15) is 10.7 Å². The molecule has 1 fully saturated rings. The van der Waals surface area contributed by atoms with Crippen LogP contribution in [0.1, 0.15) is 5.56 Å². The summed E-state index contributed by atoms with van der Waals surface area (Å²) in [6.45, 7) is 5.13. The highest BCUT2D eigenvalue weighted by Crippen LogP contribution is 2.39. The van der Waals surface area contributed by atoms with E-state index >= 15 is 0 Å². The first kappa shape index (κ1) is 14.1. The first-order valence-electron chi connectivity index (χ1n) is 6.84. The summed E-state index contributed by atoms with van der Waals surface area (Å²) in [4.78, 5) is 2.22. The van der Waals surface area contributed by atoms with Gasteiger partial charge in [-0.2, -0.15) is 4.37 Å². The first-order chi connectivity index (χ1) is 10.3. The Balaban J connectivity index is 1.88. The zero-order chi connectivity index (χ0) is 14.7. The van der Waals surface area contributed by atoms with E-state index in [2.05, 4.69) is 27.0 Å². The monoisotopic (exact) mass is 306 g/mol. The van der Waals surface area contributed by atoms with Gasteiger partial charge in [-0.25, -0.2) is 5.48 Å². The van der Waals surface area contributed by atoms with Gasteiger partial charge in [0, 0.05) is 18.8 Å². The summed E-state index contributed by atoms with van der Waals surface area (Å²) < 4.78 is 9.64. The summed E-state index contributed by atoms with van der Waals surface area (Å²) in [7, 11) is 0. The molecule has 0 aliphatic carbocycles. The highest BCUT2D eigenvalue weighted by atomic mass is 32.1. The van der Waals surface area contributed by atoms with E-state index in [9.17, 15) is 5.21 Å². The highest BCUT2D eigenvalue weighted by Gasteiger charge is 2.21. The fourth-order valence-electron chi connectivity index (χ4n) is 2.23. The molecule has 0 radical (unpaired) electrons. The third-order valence-corrected chi connectivity index (χ3v) is 4.31. The summed E-state index contributed by atoms with van der Waals surface area (Å²) in [6, 6.07) is 8.11. The molecule has 0 unspecified atom stereocenters. The topological polar surface area (TPSA) is 69.7 Å². The van der Waals surface area contributed by atoms with Gasteiger partial charge in [0.15, 0.2) is 5.82 Å². The lowest BCUT2D eigenvalue weighted by atomic mass is 10.2. The minimum atomic E-state index is 0.446. The Bertz CT molecular complexity index is 594. The number of aryl methyl sites for hydroxylation is 1. The maximum absolute atomic E-state index is 9.26. The van der Waals surface area contributed by atoms with Crippen LogP contribution in [-0.2, 0) is 4.74 Å². The molecule has 0 atom stereocenters. The second-order valence-electron chi connectivity index (χ2n) is 4.91. The molecule has 1 aromatic carbocycles. The molecular formula is C14H18N4O2S. The van der Waals surface area contributed by atoms with Crippen LogP contribution in [-0.4, -0.2) is 35.9 Å². The van der Waals surface area contributed by atoms with Crippen molar-refractivity contribution in [1.82, 2.24) is 4.37 Å². The standard InChI is InChI=1S/C14H18N4O2S/c1-10-2-4-11(5-3-10)15-12-13(16-19)17-21-14(12)18-6-8-20-9-7-18/h2-5,15,19H,6-9H2,1H3,(H,16,17). The average molecular weight is 306 g/mol. The molecule has 0 bridgehead atoms. The Kier molecular flexibility index (Phi) is 4.23. The molecule has 21 heavy (non-hydrogen) atoms. The van der Waals surface area contributed by atoms with E-state index < -0.39 is 0 Å². The molecule has 1 saturated heterocycles. The zero-order valence-electron chi connectivity index (χ0n) is 11.8. The molecule has 0 amide bonds. The van der Waals surface area contributed by atoms with Crippen molar-refractivity contribution in [2.75, 3.05) is 42.0 Å². The number of nitrogens with one attached hydrogen (secondary N) is 2. The molecule has 1 aromatic heterocycles. The summed E-state index contributed by atoms with van der Waals surface area (Å²) >= 11 is 1.37. The molecule has 0 saturated carbocycles. The van der Waals surface area contributed by atoms with E-state index in [1.54, 1.807) is 0 Å². The van der Waals surface area contributed by atoms with Crippen LogP contribution in [0.3, 0.4) is 0 Å². The van der Waals surface area contributed by atoms with Crippen LogP contribution >= 0.6 is 11.5 Å². The number of ether oxygens (including phenoxy) is 1. The Morgan fingerprint density at radius 2 is 1.95 bits per heavy atom. The van der Waals surface area contributed by atoms with E-state index in [4.69, 9.17) is 4.74 Å². The number of benzene rings is 1. The molecule has 3 rings (SSSR count). The van der Waals surface area contributed by atoms with Gasteiger partial charge in [-0.1, -0.05) is 17.7 Å². The Morgan fingerprint density at radius 3 is 2.62 bits per heavy atom. The smallest absolute Gasteiger partial charge is 0.189 e. The fourth-order valence-corrected chi connectivity index (χ4v) is 3.08. The van der Waals surface area contributed by atoms with Crippen LogP contribution in [0, 0.1) is 6.92 Å². The molecule has 1 aliphatic heterocycles. The van der Waals surface area contributed by atoms with Gasteiger partial charge < -0.3 is 15.0 Å². The first-order valence-corrected chi connectivity index (χ1v) is 7.61. The van der Waals surface area contributed by atoms with Crippen LogP contribution in [0.4, 0.5) is 22.2 Å². The third-order valence-electron chi connectivity index (χ3n) is 3.40. The Morgan fingerprint density at radius 1 is 1.24 bits per heavy atom. The average Bonchev–Trinajstić information content (AvgIpc) is 2.93. The summed E-state index contributed by atoms with van der Waals surface area (Å²) in [6.07, 6.45) is 0. The SMILES string of the molecule is Cc1ccc(Nc2c(NO)nsc2N2CCOCC2)cc1. The van der Waals surface area contributed by atoms with E-state index in [0.717, 1.165) is 29.5 Å². The maximum Gasteiger partial charge on any atom is 0.189 e. The van der Waals surface area contributed by atoms with Crippen molar-refractivity contribution in [2.45, 2.75) is 6.92 Å². The van der Waals surface area contributed by atoms with Gasteiger partial charge >= 0.3 is 0 Å². The number of anilines is 4. The van der Waals surface area contributed by atoms with Crippen LogP contribution < -0.4 is 15.7 Å². The molecule has 0 spiro atoms. The molecule has 2 aromatic rings. The number of nitrogens with zero attached hydrogens (tertiary/aromatic N) is 2. The van der Waals surface area contributed by atoms with Crippen LogP contribution in [0.25, 0.3) is 0 Å². The summed E-state index contributed by atoms with van der Waals surface area (Å²) in [5.41, 5.74) is 5.14. The second-order valence-corrected chi connectivity index (χ2v) is 5.67. The number of hydrogen-bond acceptors (Lipinski definition) is 7.